The van der Waals surface area contributed by atoms with Gasteiger partial charge in [0.05, 0.1) is 6.42 Å². The summed E-state index contributed by atoms with van der Waals surface area (Å²) in [6.07, 6.45) is -0.173. The van der Waals surface area contributed by atoms with Gasteiger partial charge in [-0.2, -0.15) is 0 Å². The smallest absolute Gasteiger partial charge is 0.224 e. The summed E-state index contributed by atoms with van der Waals surface area (Å²) in [5.41, 5.74) is 0.863. The highest BCUT2D eigenvalue weighted by Gasteiger charge is 2.09. The minimum atomic E-state index is -0.748. The number of benzene rings is 2. The Hall–Kier alpha value is -2.30. The van der Waals surface area contributed by atoms with E-state index in [0.717, 1.165) is 17.7 Å². The van der Waals surface area contributed by atoms with Gasteiger partial charge in [0.25, 0.3) is 0 Å². The van der Waals surface area contributed by atoms with Crippen molar-refractivity contribution in [3.63, 3.8) is 0 Å². The van der Waals surface area contributed by atoms with Gasteiger partial charge >= 0.3 is 0 Å². The average molecular weight is 279 g/mol. The molecule has 0 atom stereocenters. The summed E-state index contributed by atoms with van der Waals surface area (Å²) < 4.78 is 38.8. The number of carbonyl (C=O) groups excluding carboxylic acids is 1. The van der Waals surface area contributed by atoms with Crippen molar-refractivity contribution in [3.05, 3.63) is 71.0 Å². The fourth-order valence-corrected chi connectivity index (χ4v) is 1.70. The third-order valence-electron chi connectivity index (χ3n) is 2.77. The lowest BCUT2D eigenvalue weighted by molar-refractivity contribution is -0.120. The van der Waals surface area contributed by atoms with Crippen LogP contribution < -0.4 is 5.32 Å². The molecule has 0 aliphatic rings. The summed E-state index contributed by atoms with van der Waals surface area (Å²) in [5, 5.41) is 2.59. The summed E-state index contributed by atoms with van der Waals surface area (Å²) in [6, 6.07) is 8.76. The Labute approximate surface area is 114 Å². The molecule has 5 heteroatoms. The van der Waals surface area contributed by atoms with Crippen molar-refractivity contribution >= 4 is 5.91 Å². The highest BCUT2D eigenvalue weighted by molar-refractivity contribution is 5.78. The fraction of sp³-hybridized carbons (Fsp3) is 0.133. The highest BCUT2D eigenvalue weighted by atomic mass is 19.1. The predicted molar refractivity (Wildman–Crippen MR) is 68.3 cm³/mol. The van der Waals surface area contributed by atoms with Crippen LogP contribution in [0.4, 0.5) is 13.2 Å². The normalized spacial score (nSPS) is 10.3. The van der Waals surface area contributed by atoms with Crippen LogP contribution >= 0.6 is 0 Å². The maximum absolute atomic E-state index is 13.4. The first-order chi connectivity index (χ1) is 9.54. The van der Waals surface area contributed by atoms with Crippen molar-refractivity contribution in [1.82, 2.24) is 5.32 Å². The first-order valence-electron chi connectivity index (χ1n) is 5.99. The Morgan fingerprint density at radius 1 is 0.950 bits per heavy atom. The topological polar surface area (TPSA) is 29.1 Å². The molecule has 1 N–H and O–H groups in total. The summed E-state index contributed by atoms with van der Waals surface area (Å²) in [6.45, 7) is 0.224. The Morgan fingerprint density at radius 2 is 1.60 bits per heavy atom. The third kappa shape index (κ3) is 3.85. The van der Waals surface area contributed by atoms with Gasteiger partial charge < -0.3 is 5.32 Å². The van der Waals surface area contributed by atoms with Gasteiger partial charge in [-0.1, -0.05) is 18.2 Å². The van der Waals surface area contributed by atoms with Gasteiger partial charge in [-0.05, 0) is 29.3 Å². The van der Waals surface area contributed by atoms with E-state index in [1.807, 2.05) is 0 Å². The molecule has 2 nitrogen and oxygen atoms in total. The number of hydrogen-bond donors (Lipinski definition) is 1. The van der Waals surface area contributed by atoms with Gasteiger partial charge in [-0.3, -0.25) is 4.79 Å². The van der Waals surface area contributed by atoms with Crippen LogP contribution in [-0.4, -0.2) is 5.91 Å². The van der Waals surface area contributed by atoms with Crippen LogP contribution in [0.25, 0.3) is 0 Å². The summed E-state index contributed by atoms with van der Waals surface area (Å²) in [7, 11) is 0. The number of amides is 1. The standard InChI is InChI=1S/C15H12F3NO/c16-12-4-1-10(2-5-12)9-19-15(20)7-11-3-6-13(17)8-14(11)18/h1-6,8H,7,9H2,(H,19,20). The monoisotopic (exact) mass is 279 g/mol. The molecular weight excluding hydrogens is 267 g/mol. The molecule has 0 aromatic heterocycles. The lowest BCUT2D eigenvalue weighted by Crippen LogP contribution is -2.24. The molecule has 2 rings (SSSR count). The van der Waals surface area contributed by atoms with Crippen molar-refractivity contribution in [2.24, 2.45) is 0 Å². The van der Waals surface area contributed by atoms with Gasteiger partial charge in [0.1, 0.15) is 17.5 Å². The van der Waals surface area contributed by atoms with Crippen molar-refractivity contribution in [2.45, 2.75) is 13.0 Å². The molecule has 0 bridgehead atoms. The van der Waals surface area contributed by atoms with Gasteiger partial charge in [-0.25, -0.2) is 13.2 Å². The molecular formula is C15H12F3NO. The Kier molecular flexibility index (Phi) is 4.40. The van der Waals surface area contributed by atoms with Crippen molar-refractivity contribution in [3.8, 4) is 0 Å². The molecule has 0 radical (unpaired) electrons. The van der Waals surface area contributed by atoms with E-state index in [2.05, 4.69) is 5.32 Å². The van der Waals surface area contributed by atoms with Crippen LogP contribution in [0.5, 0.6) is 0 Å². The van der Waals surface area contributed by atoms with E-state index < -0.39 is 11.6 Å². The van der Waals surface area contributed by atoms with Crippen LogP contribution in [0.15, 0.2) is 42.5 Å². The molecule has 2 aromatic rings. The maximum Gasteiger partial charge on any atom is 0.224 e. The lowest BCUT2D eigenvalue weighted by atomic mass is 10.1. The quantitative estimate of drug-likeness (QED) is 0.916. The first-order valence-corrected chi connectivity index (χ1v) is 5.99. The highest BCUT2D eigenvalue weighted by Crippen LogP contribution is 2.10. The fourth-order valence-electron chi connectivity index (χ4n) is 1.70. The molecule has 104 valence electrons. The van der Waals surface area contributed by atoms with E-state index in [1.54, 1.807) is 12.1 Å². The van der Waals surface area contributed by atoms with E-state index in [-0.39, 0.29) is 30.3 Å². The molecule has 0 unspecified atom stereocenters. The van der Waals surface area contributed by atoms with Crippen molar-refractivity contribution < 1.29 is 18.0 Å². The molecule has 0 saturated carbocycles. The molecule has 0 fully saturated rings. The van der Waals surface area contributed by atoms with Crippen LogP contribution in [0.1, 0.15) is 11.1 Å². The molecule has 0 aliphatic carbocycles. The third-order valence-corrected chi connectivity index (χ3v) is 2.77. The molecule has 0 spiro atoms. The molecule has 0 saturated heterocycles. The number of hydrogen-bond acceptors (Lipinski definition) is 1. The van der Waals surface area contributed by atoms with E-state index in [1.165, 1.54) is 18.2 Å². The van der Waals surface area contributed by atoms with Crippen LogP contribution in [-0.2, 0) is 17.8 Å². The van der Waals surface area contributed by atoms with E-state index in [4.69, 9.17) is 0 Å². The van der Waals surface area contributed by atoms with Gasteiger partial charge in [0, 0.05) is 12.6 Å². The first kappa shape index (κ1) is 14.1. The maximum atomic E-state index is 13.4. The van der Waals surface area contributed by atoms with Gasteiger partial charge in [0.2, 0.25) is 5.91 Å². The average Bonchev–Trinajstić information content (AvgIpc) is 2.41. The molecule has 0 aliphatic heterocycles. The zero-order chi connectivity index (χ0) is 14.5. The largest absolute Gasteiger partial charge is 0.352 e. The van der Waals surface area contributed by atoms with Crippen molar-refractivity contribution in [2.75, 3.05) is 0 Å². The summed E-state index contributed by atoms with van der Waals surface area (Å²) >= 11 is 0. The zero-order valence-corrected chi connectivity index (χ0v) is 10.5. The van der Waals surface area contributed by atoms with Crippen LogP contribution in [0, 0.1) is 17.5 Å². The molecule has 1 amide bonds. The van der Waals surface area contributed by atoms with Crippen LogP contribution in [0.2, 0.25) is 0 Å². The molecule has 0 heterocycles. The van der Waals surface area contributed by atoms with Crippen LogP contribution in [0.3, 0.4) is 0 Å². The minimum absolute atomic E-state index is 0.128. The van der Waals surface area contributed by atoms with E-state index in [0.29, 0.717) is 0 Å². The van der Waals surface area contributed by atoms with Gasteiger partial charge in [-0.15, -0.1) is 0 Å². The minimum Gasteiger partial charge on any atom is -0.352 e. The summed E-state index contributed by atoms with van der Waals surface area (Å²) in [5.74, 6) is -2.17. The van der Waals surface area contributed by atoms with E-state index in [9.17, 15) is 18.0 Å². The number of rotatable bonds is 4. The van der Waals surface area contributed by atoms with Gasteiger partial charge in [0.15, 0.2) is 0 Å². The zero-order valence-electron chi connectivity index (χ0n) is 10.5. The second-order valence-electron chi connectivity index (χ2n) is 4.32. The van der Waals surface area contributed by atoms with Crippen molar-refractivity contribution in [1.29, 1.82) is 0 Å². The molecule has 20 heavy (non-hydrogen) atoms. The second kappa shape index (κ2) is 6.23. The number of carbonyl (C=O) groups is 1. The SMILES string of the molecule is O=C(Cc1ccc(F)cc1F)NCc1ccc(F)cc1. The Bertz CT molecular complexity index is 611. The Morgan fingerprint density at radius 3 is 2.25 bits per heavy atom. The van der Waals surface area contributed by atoms with E-state index >= 15 is 0 Å². The second-order valence-corrected chi connectivity index (χ2v) is 4.32. The predicted octanol–water partition coefficient (Wildman–Crippen LogP) is 2.96. The Balaban J connectivity index is 1.90. The number of nitrogens with one attached hydrogen (secondary N) is 1. The number of halogens is 3. The lowest BCUT2D eigenvalue weighted by Gasteiger charge is -2.06. The summed E-state index contributed by atoms with van der Waals surface area (Å²) in [4.78, 5) is 11.6. The molecule has 2 aromatic carbocycles.